The summed E-state index contributed by atoms with van der Waals surface area (Å²) in [6, 6.07) is 5.75. The third kappa shape index (κ3) is 2.76. The van der Waals surface area contributed by atoms with Crippen molar-refractivity contribution in [2.75, 3.05) is 14.1 Å². The summed E-state index contributed by atoms with van der Waals surface area (Å²) in [6.07, 6.45) is 11.1. The number of fused-ring (bicyclic) bond motifs is 2. The molecule has 2 heterocycles. The highest BCUT2D eigenvalue weighted by molar-refractivity contribution is 5.98. The summed E-state index contributed by atoms with van der Waals surface area (Å²) in [5, 5.41) is 17.4. The van der Waals surface area contributed by atoms with Gasteiger partial charge in [0.2, 0.25) is 0 Å². The van der Waals surface area contributed by atoms with E-state index in [1.807, 2.05) is 30.4 Å². The Morgan fingerprint density at radius 2 is 2.28 bits per heavy atom. The van der Waals surface area contributed by atoms with E-state index in [-0.39, 0.29) is 11.9 Å². The number of H-pyrrole nitrogens is 1. The Morgan fingerprint density at radius 3 is 3.12 bits per heavy atom. The van der Waals surface area contributed by atoms with E-state index >= 15 is 0 Å². The minimum absolute atomic E-state index is 0.0965. The maximum absolute atomic E-state index is 11.9. The highest BCUT2D eigenvalue weighted by Crippen LogP contribution is 2.25. The molecule has 1 atom stereocenters. The number of likely N-dealkylation sites (N-methyl/N-ethyl adjacent to an activating group) is 1. The van der Waals surface area contributed by atoms with Crippen molar-refractivity contribution in [3.05, 3.63) is 64.9 Å². The second kappa shape index (κ2) is 6.05. The quantitative estimate of drug-likeness (QED) is 0.904. The predicted octanol–water partition coefficient (Wildman–Crippen LogP) is 2.19. The number of benzene rings is 1. The van der Waals surface area contributed by atoms with Crippen LogP contribution >= 0.6 is 0 Å². The van der Waals surface area contributed by atoms with E-state index in [4.69, 9.17) is 0 Å². The zero-order valence-electron chi connectivity index (χ0n) is 14.2. The van der Waals surface area contributed by atoms with Gasteiger partial charge in [0, 0.05) is 42.7 Å². The third-order valence-corrected chi connectivity index (χ3v) is 4.59. The Bertz CT molecular complexity index is 963. The van der Waals surface area contributed by atoms with Crippen molar-refractivity contribution >= 4 is 23.0 Å². The Balaban J connectivity index is 1.67. The van der Waals surface area contributed by atoms with Gasteiger partial charge in [-0.2, -0.15) is 10.2 Å². The lowest BCUT2D eigenvalue weighted by molar-refractivity contribution is 0.0963. The van der Waals surface area contributed by atoms with Crippen molar-refractivity contribution in [3.63, 3.8) is 0 Å². The third-order valence-electron chi connectivity index (χ3n) is 4.59. The van der Waals surface area contributed by atoms with Gasteiger partial charge in [-0.1, -0.05) is 24.3 Å². The maximum atomic E-state index is 11.9. The number of allylic oxidation sites excluding steroid dienone is 4. The summed E-state index contributed by atoms with van der Waals surface area (Å²) in [7, 11) is 3.61. The van der Waals surface area contributed by atoms with Crippen molar-refractivity contribution in [2.45, 2.75) is 12.5 Å². The van der Waals surface area contributed by atoms with Crippen molar-refractivity contribution in [3.8, 4) is 0 Å². The molecule has 0 bridgehead atoms. The van der Waals surface area contributed by atoms with E-state index in [1.54, 1.807) is 13.1 Å². The normalized spacial score (nSPS) is 18.8. The lowest BCUT2D eigenvalue weighted by Gasteiger charge is -2.15. The standard InChI is InChI=1S/C19H19N5O/c1-20-19(25)13-6-7-16-15(10-13)17(23-22-16)9-12-4-3-5-18-14(8-12)11-21-24(18)2/h3-8,10-11,18H,9H2,1-2H3,(H,20,25)(H,22,23). The number of nitrogens with one attached hydrogen (secondary N) is 2. The number of carbonyl (C=O) groups is 1. The van der Waals surface area contributed by atoms with Gasteiger partial charge < -0.3 is 5.32 Å². The Hall–Kier alpha value is -3.15. The lowest BCUT2D eigenvalue weighted by atomic mass is 10.0. The maximum Gasteiger partial charge on any atom is 0.251 e. The van der Waals surface area contributed by atoms with Crippen molar-refractivity contribution in [1.82, 2.24) is 20.5 Å². The molecule has 126 valence electrons. The highest BCUT2D eigenvalue weighted by atomic mass is 16.1. The fourth-order valence-corrected chi connectivity index (χ4v) is 3.22. The molecule has 1 aromatic carbocycles. The summed E-state index contributed by atoms with van der Waals surface area (Å²) in [5.41, 5.74) is 4.85. The molecule has 0 radical (unpaired) electrons. The van der Waals surface area contributed by atoms with E-state index in [2.05, 4.69) is 44.9 Å². The molecule has 6 heteroatoms. The number of carbonyl (C=O) groups excluding carboxylic acids is 1. The molecule has 6 nitrogen and oxygen atoms in total. The van der Waals surface area contributed by atoms with Crippen molar-refractivity contribution in [2.24, 2.45) is 5.10 Å². The molecule has 2 N–H and O–H groups in total. The molecule has 1 aliphatic carbocycles. The molecule has 4 rings (SSSR count). The molecule has 1 aliphatic heterocycles. The van der Waals surface area contributed by atoms with E-state index in [9.17, 15) is 4.79 Å². The van der Waals surface area contributed by atoms with Crippen LogP contribution < -0.4 is 5.32 Å². The smallest absolute Gasteiger partial charge is 0.251 e. The number of hydrazone groups is 1. The highest BCUT2D eigenvalue weighted by Gasteiger charge is 2.21. The first-order chi connectivity index (χ1) is 12.2. The number of amides is 1. The SMILES string of the molecule is CNC(=O)c1ccc2n[nH]c(CC3=CC=CC4C(=C3)C=NN4C)c2c1. The van der Waals surface area contributed by atoms with Crippen LogP contribution in [0.5, 0.6) is 0 Å². The van der Waals surface area contributed by atoms with Crippen molar-refractivity contribution < 1.29 is 4.79 Å². The predicted molar refractivity (Wildman–Crippen MR) is 98.5 cm³/mol. The number of nitrogens with zero attached hydrogens (tertiary/aromatic N) is 3. The van der Waals surface area contributed by atoms with Gasteiger partial charge in [0.1, 0.15) is 0 Å². The number of rotatable bonds is 3. The summed E-state index contributed by atoms with van der Waals surface area (Å²) >= 11 is 0. The topological polar surface area (TPSA) is 73.4 Å². The number of hydrogen-bond acceptors (Lipinski definition) is 4. The fourth-order valence-electron chi connectivity index (χ4n) is 3.22. The molecular formula is C19H19N5O. The molecule has 1 amide bonds. The van der Waals surface area contributed by atoms with Gasteiger partial charge in [0.25, 0.3) is 5.91 Å². The van der Waals surface area contributed by atoms with Crippen LogP contribution in [0.15, 0.2) is 58.8 Å². The minimum atomic E-state index is -0.0965. The molecule has 1 unspecified atom stereocenters. The average Bonchev–Trinajstić information content (AvgIpc) is 3.10. The molecule has 0 saturated carbocycles. The minimum Gasteiger partial charge on any atom is -0.355 e. The zero-order chi connectivity index (χ0) is 17.4. The summed E-state index contributed by atoms with van der Waals surface area (Å²) in [4.78, 5) is 11.9. The van der Waals surface area contributed by atoms with Crippen LogP contribution in [-0.2, 0) is 6.42 Å². The van der Waals surface area contributed by atoms with Gasteiger partial charge >= 0.3 is 0 Å². The van der Waals surface area contributed by atoms with Gasteiger partial charge in [-0.15, -0.1) is 0 Å². The second-order valence-corrected chi connectivity index (χ2v) is 6.22. The molecule has 0 fully saturated rings. The molecule has 0 saturated heterocycles. The van der Waals surface area contributed by atoms with E-state index in [0.717, 1.165) is 16.6 Å². The van der Waals surface area contributed by atoms with E-state index < -0.39 is 0 Å². The van der Waals surface area contributed by atoms with Crippen LogP contribution in [0.2, 0.25) is 0 Å². The molecule has 1 aromatic heterocycles. The van der Waals surface area contributed by atoms with Crippen LogP contribution in [0.3, 0.4) is 0 Å². The van der Waals surface area contributed by atoms with Gasteiger partial charge in [0.05, 0.1) is 17.8 Å². The molecule has 2 aliphatic rings. The van der Waals surface area contributed by atoms with Crippen LogP contribution in [0.1, 0.15) is 16.1 Å². The van der Waals surface area contributed by atoms with Gasteiger partial charge in [-0.05, 0) is 23.8 Å². The lowest BCUT2D eigenvalue weighted by Crippen LogP contribution is -2.21. The first kappa shape index (κ1) is 15.4. The van der Waals surface area contributed by atoms with Crippen LogP contribution in [-0.4, -0.2) is 47.5 Å². The largest absolute Gasteiger partial charge is 0.355 e. The molecule has 2 aromatic rings. The molecule has 25 heavy (non-hydrogen) atoms. The molecule has 0 spiro atoms. The summed E-state index contributed by atoms with van der Waals surface area (Å²) in [6.45, 7) is 0. The first-order valence-electron chi connectivity index (χ1n) is 8.20. The summed E-state index contributed by atoms with van der Waals surface area (Å²) in [5.74, 6) is -0.0965. The zero-order valence-corrected chi connectivity index (χ0v) is 14.2. The van der Waals surface area contributed by atoms with Crippen LogP contribution in [0, 0.1) is 0 Å². The number of hydrogen-bond donors (Lipinski definition) is 2. The van der Waals surface area contributed by atoms with Gasteiger partial charge in [-0.3, -0.25) is 14.9 Å². The Kier molecular flexibility index (Phi) is 3.72. The second-order valence-electron chi connectivity index (χ2n) is 6.22. The van der Waals surface area contributed by atoms with Crippen LogP contribution in [0.25, 0.3) is 10.9 Å². The average molecular weight is 333 g/mol. The number of aromatic nitrogens is 2. The monoisotopic (exact) mass is 333 g/mol. The van der Waals surface area contributed by atoms with E-state index in [0.29, 0.717) is 12.0 Å². The Morgan fingerprint density at radius 1 is 1.40 bits per heavy atom. The fraction of sp³-hybridized carbons (Fsp3) is 0.211. The Labute approximate surface area is 145 Å². The van der Waals surface area contributed by atoms with Gasteiger partial charge in [-0.25, -0.2) is 0 Å². The summed E-state index contributed by atoms with van der Waals surface area (Å²) < 4.78 is 0. The number of aromatic amines is 1. The molecular weight excluding hydrogens is 314 g/mol. The van der Waals surface area contributed by atoms with Crippen molar-refractivity contribution in [1.29, 1.82) is 0 Å². The van der Waals surface area contributed by atoms with Crippen LogP contribution in [0.4, 0.5) is 0 Å². The first-order valence-corrected chi connectivity index (χ1v) is 8.20. The van der Waals surface area contributed by atoms with Gasteiger partial charge in [0.15, 0.2) is 0 Å². The van der Waals surface area contributed by atoms with E-state index in [1.165, 1.54) is 11.1 Å².